The Morgan fingerprint density at radius 2 is 1.83 bits per heavy atom. The predicted molar refractivity (Wildman–Crippen MR) is 91.3 cm³/mol. The fourth-order valence-electron chi connectivity index (χ4n) is 2.27. The third kappa shape index (κ3) is 6.51. The molecule has 0 aliphatic carbocycles. The molecule has 4 heteroatoms. The number of hydrogen-bond donors (Lipinski definition) is 0. The van der Waals surface area contributed by atoms with Crippen molar-refractivity contribution in [2.45, 2.75) is 25.7 Å². The van der Waals surface area contributed by atoms with Gasteiger partial charge in [-0.1, -0.05) is 36.4 Å². The van der Waals surface area contributed by atoms with E-state index >= 15 is 0 Å². The first kappa shape index (κ1) is 17.0. The molecule has 0 radical (unpaired) electrons. The highest BCUT2D eigenvalue weighted by Crippen LogP contribution is 2.05. The van der Waals surface area contributed by atoms with E-state index in [0.29, 0.717) is 13.2 Å². The van der Waals surface area contributed by atoms with Crippen LogP contribution < -0.4 is 0 Å². The second kappa shape index (κ2) is 9.62. The minimum atomic E-state index is -0.263. The molecule has 1 aromatic carbocycles. The summed E-state index contributed by atoms with van der Waals surface area (Å²) in [4.78, 5) is 17.7. The summed E-state index contributed by atoms with van der Waals surface area (Å²) in [5.74, 6) is 0. The Hall–Kier alpha value is -2.36. The number of hydrogen-bond acceptors (Lipinski definition) is 3. The van der Waals surface area contributed by atoms with Gasteiger partial charge in [0.1, 0.15) is 0 Å². The zero-order valence-electron chi connectivity index (χ0n) is 13.6. The molecule has 0 aliphatic heterocycles. The average Bonchev–Trinajstić information content (AvgIpc) is 2.61. The monoisotopic (exact) mass is 312 g/mol. The number of carbonyl (C=O) groups is 1. The van der Waals surface area contributed by atoms with E-state index in [-0.39, 0.29) is 6.09 Å². The van der Waals surface area contributed by atoms with Gasteiger partial charge < -0.3 is 9.64 Å². The van der Waals surface area contributed by atoms with Crippen LogP contribution in [-0.4, -0.2) is 36.2 Å². The fourth-order valence-corrected chi connectivity index (χ4v) is 2.27. The number of amides is 1. The number of unbranched alkanes of at least 4 members (excludes halogenated alkanes) is 1. The molecule has 0 atom stereocenters. The smallest absolute Gasteiger partial charge is 0.409 e. The van der Waals surface area contributed by atoms with Gasteiger partial charge in [-0.15, -0.1) is 0 Å². The van der Waals surface area contributed by atoms with Crippen molar-refractivity contribution in [2.24, 2.45) is 0 Å². The van der Waals surface area contributed by atoms with Crippen LogP contribution in [0, 0.1) is 0 Å². The number of aromatic nitrogens is 1. The van der Waals surface area contributed by atoms with E-state index in [1.165, 1.54) is 5.56 Å². The zero-order chi connectivity index (χ0) is 16.3. The molecule has 1 amide bonds. The Morgan fingerprint density at radius 3 is 2.57 bits per heavy atom. The number of ether oxygens (including phenoxy) is 1. The molecule has 1 heterocycles. The summed E-state index contributed by atoms with van der Waals surface area (Å²) >= 11 is 0. The molecule has 122 valence electrons. The number of rotatable bonds is 8. The average molecular weight is 312 g/mol. The van der Waals surface area contributed by atoms with Crippen LogP contribution >= 0.6 is 0 Å². The number of pyridine rings is 1. The highest BCUT2D eigenvalue weighted by Gasteiger charge is 2.09. The van der Waals surface area contributed by atoms with Gasteiger partial charge in [0, 0.05) is 31.9 Å². The van der Waals surface area contributed by atoms with Crippen LogP contribution in [-0.2, 0) is 17.6 Å². The Kier molecular flexibility index (Phi) is 7.11. The zero-order valence-corrected chi connectivity index (χ0v) is 13.6. The van der Waals surface area contributed by atoms with Gasteiger partial charge in [0.05, 0.1) is 6.61 Å². The maximum Gasteiger partial charge on any atom is 0.409 e. The number of benzene rings is 1. The Bertz CT molecular complexity index is 572. The Morgan fingerprint density at radius 1 is 1.04 bits per heavy atom. The molecular weight excluding hydrogens is 288 g/mol. The summed E-state index contributed by atoms with van der Waals surface area (Å²) in [6.45, 7) is 1.08. The number of carbonyl (C=O) groups excluding carboxylic acids is 1. The highest BCUT2D eigenvalue weighted by molar-refractivity contribution is 5.67. The summed E-state index contributed by atoms with van der Waals surface area (Å²) in [6, 6.07) is 16.2. The first-order valence-electron chi connectivity index (χ1n) is 8.07. The van der Waals surface area contributed by atoms with Crippen molar-refractivity contribution in [1.29, 1.82) is 0 Å². The molecule has 0 aliphatic rings. The fraction of sp³-hybridized carbons (Fsp3) is 0.368. The molecule has 0 saturated heterocycles. The molecule has 0 saturated carbocycles. The third-order valence-corrected chi connectivity index (χ3v) is 3.67. The highest BCUT2D eigenvalue weighted by atomic mass is 16.6. The second-order valence-electron chi connectivity index (χ2n) is 5.55. The van der Waals surface area contributed by atoms with Crippen LogP contribution in [0.4, 0.5) is 4.79 Å². The molecular formula is C19H24N2O2. The normalized spacial score (nSPS) is 10.3. The largest absolute Gasteiger partial charge is 0.449 e. The topological polar surface area (TPSA) is 42.4 Å². The van der Waals surface area contributed by atoms with E-state index in [1.807, 2.05) is 36.4 Å². The lowest BCUT2D eigenvalue weighted by molar-refractivity contribution is 0.109. The van der Waals surface area contributed by atoms with Gasteiger partial charge in [0.15, 0.2) is 0 Å². The molecule has 0 unspecified atom stereocenters. The second-order valence-corrected chi connectivity index (χ2v) is 5.55. The molecule has 0 spiro atoms. The van der Waals surface area contributed by atoms with Crippen molar-refractivity contribution in [2.75, 3.05) is 20.2 Å². The van der Waals surface area contributed by atoms with Gasteiger partial charge in [-0.2, -0.15) is 0 Å². The van der Waals surface area contributed by atoms with Gasteiger partial charge in [-0.05, 0) is 37.0 Å². The Balaban J connectivity index is 1.57. The summed E-state index contributed by atoms with van der Waals surface area (Å²) in [6.07, 6.45) is 5.17. The third-order valence-electron chi connectivity index (χ3n) is 3.67. The quantitative estimate of drug-likeness (QED) is 0.698. The predicted octanol–water partition coefficient (Wildman–Crippen LogP) is 3.72. The number of nitrogens with zero attached hydrogens (tertiary/aromatic N) is 2. The molecule has 0 fully saturated rings. The lowest BCUT2D eigenvalue weighted by Crippen LogP contribution is -2.29. The van der Waals surface area contributed by atoms with Crippen molar-refractivity contribution in [3.8, 4) is 0 Å². The summed E-state index contributed by atoms with van der Waals surface area (Å²) in [5, 5.41) is 0. The van der Waals surface area contributed by atoms with Crippen molar-refractivity contribution < 1.29 is 9.53 Å². The summed E-state index contributed by atoms with van der Waals surface area (Å²) in [5.41, 5.74) is 2.31. The van der Waals surface area contributed by atoms with Crippen molar-refractivity contribution >= 4 is 6.09 Å². The molecule has 0 N–H and O–H groups in total. The maximum atomic E-state index is 11.9. The van der Waals surface area contributed by atoms with Crippen LogP contribution in [0.15, 0.2) is 54.7 Å². The summed E-state index contributed by atoms with van der Waals surface area (Å²) < 4.78 is 5.30. The van der Waals surface area contributed by atoms with E-state index in [1.54, 1.807) is 18.1 Å². The standard InChI is InChI=1S/C19H24N2O2/c1-21(15-13-18-12-5-7-14-20-18)19(22)23-16-8-6-11-17-9-3-2-4-10-17/h2-5,7,9-10,12,14H,6,8,11,13,15-16H2,1H3. The molecule has 23 heavy (non-hydrogen) atoms. The molecule has 2 aromatic rings. The lowest BCUT2D eigenvalue weighted by Gasteiger charge is -2.16. The van der Waals surface area contributed by atoms with Gasteiger partial charge >= 0.3 is 6.09 Å². The molecule has 2 rings (SSSR count). The van der Waals surface area contributed by atoms with Crippen LogP contribution in [0.3, 0.4) is 0 Å². The summed E-state index contributed by atoms with van der Waals surface area (Å²) in [7, 11) is 1.76. The van der Waals surface area contributed by atoms with Crippen molar-refractivity contribution in [3.05, 3.63) is 66.0 Å². The van der Waals surface area contributed by atoms with Crippen LogP contribution in [0.1, 0.15) is 24.1 Å². The Labute approximate surface area is 138 Å². The number of aryl methyl sites for hydroxylation is 1. The first-order valence-corrected chi connectivity index (χ1v) is 8.07. The van der Waals surface area contributed by atoms with Gasteiger partial charge in [-0.3, -0.25) is 4.98 Å². The van der Waals surface area contributed by atoms with E-state index in [9.17, 15) is 4.79 Å². The minimum absolute atomic E-state index is 0.263. The molecule has 1 aromatic heterocycles. The first-order chi connectivity index (χ1) is 11.3. The SMILES string of the molecule is CN(CCc1ccccn1)C(=O)OCCCCc1ccccc1. The van der Waals surface area contributed by atoms with Crippen molar-refractivity contribution in [1.82, 2.24) is 9.88 Å². The maximum absolute atomic E-state index is 11.9. The van der Waals surface area contributed by atoms with E-state index in [4.69, 9.17) is 4.74 Å². The molecule has 4 nitrogen and oxygen atoms in total. The lowest BCUT2D eigenvalue weighted by atomic mass is 10.1. The van der Waals surface area contributed by atoms with E-state index in [2.05, 4.69) is 17.1 Å². The van der Waals surface area contributed by atoms with Crippen LogP contribution in [0.2, 0.25) is 0 Å². The van der Waals surface area contributed by atoms with Crippen LogP contribution in [0.5, 0.6) is 0 Å². The van der Waals surface area contributed by atoms with Gasteiger partial charge in [0.2, 0.25) is 0 Å². The van der Waals surface area contributed by atoms with E-state index < -0.39 is 0 Å². The van der Waals surface area contributed by atoms with E-state index in [0.717, 1.165) is 31.4 Å². The van der Waals surface area contributed by atoms with Gasteiger partial charge in [-0.25, -0.2) is 4.79 Å². The van der Waals surface area contributed by atoms with Crippen LogP contribution in [0.25, 0.3) is 0 Å². The molecule has 0 bridgehead atoms. The number of likely N-dealkylation sites (N-methyl/N-ethyl adjacent to an activating group) is 1. The van der Waals surface area contributed by atoms with Gasteiger partial charge in [0.25, 0.3) is 0 Å². The minimum Gasteiger partial charge on any atom is -0.449 e. The van der Waals surface area contributed by atoms with Crippen molar-refractivity contribution in [3.63, 3.8) is 0 Å².